The van der Waals surface area contributed by atoms with E-state index in [4.69, 9.17) is 0 Å². The fourth-order valence-electron chi connectivity index (χ4n) is 3.77. The number of anilines is 2. The maximum Gasteiger partial charge on any atom is 0.161 e. The number of nitrogens with zero attached hydrogens (tertiary/aromatic N) is 1. The first-order chi connectivity index (χ1) is 18.4. The summed E-state index contributed by atoms with van der Waals surface area (Å²) in [6.45, 7) is 12.5. The zero-order valence-electron chi connectivity index (χ0n) is 23.3. The minimum Gasteiger partial charge on any atom is -0.355 e. The number of hydrogen-bond acceptors (Lipinski definition) is 4. The van der Waals surface area contributed by atoms with Crippen LogP contribution in [0.5, 0.6) is 0 Å². The summed E-state index contributed by atoms with van der Waals surface area (Å²) < 4.78 is 0. The minimum absolute atomic E-state index is 0.0339. The second-order valence-electron chi connectivity index (χ2n) is 8.78. The Balaban J connectivity index is 0.000000638. The van der Waals surface area contributed by atoms with E-state index in [9.17, 15) is 4.79 Å². The maximum atomic E-state index is 11.9. The quantitative estimate of drug-likeness (QED) is 0.147. The Morgan fingerprint density at radius 3 is 2.61 bits per heavy atom. The highest BCUT2D eigenvalue weighted by Gasteiger charge is 2.08. The third-order valence-corrected chi connectivity index (χ3v) is 5.53. The summed E-state index contributed by atoms with van der Waals surface area (Å²) in [5.74, 6) is 5.89. The molecule has 3 N–H and O–H groups in total. The molecule has 0 atom stereocenters. The van der Waals surface area contributed by atoms with Gasteiger partial charge in [-0.15, -0.1) is 5.92 Å². The van der Waals surface area contributed by atoms with Crippen molar-refractivity contribution < 1.29 is 4.79 Å². The predicted octanol–water partition coefficient (Wildman–Crippen LogP) is 8.00. The van der Waals surface area contributed by atoms with Gasteiger partial charge in [0.15, 0.2) is 5.78 Å². The van der Waals surface area contributed by atoms with E-state index < -0.39 is 0 Å². The van der Waals surface area contributed by atoms with Crippen LogP contribution >= 0.6 is 0 Å². The average Bonchev–Trinajstić information content (AvgIpc) is 3.31. The van der Waals surface area contributed by atoms with E-state index in [1.54, 1.807) is 6.92 Å². The van der Waals surface area contributed by atoms with Gasteiger partial charge in [-0.1, -0.05) is 74.8 Å². The van der Waals surface area contributed by atoms with Gasteiger partial charge in [0.1, 0.15) is 0 Å². The Kier molecular flexibility index (Phi) is 13.1. The minimum atomic E-state index is 0.0339. The van der Waals surface area contributed by atoms with E-state index in [-0.39, 0.29) is 5.78 Å². The van der Waals surface area contributed by atoms with Crippen LogP contribution in [0, 0.1) is 11.8 Å². The summed E-state index contributed by atoms with van der Waals surface area (Å²) in [7, 11) is 1.89. The van der Waals surface area contributed by atoms with E-state index in [1.807, 2.05) is 68.6 Å². The van der Waals surface area contributed by atoms with E-state index in [1.165, 1.54) is 5.57 Å². The summed E-state index contributed by atoms with van der Waals surface area (Å²) in [5.41, 5.74) is 6.63. The molecule has 0 spiro atoms. The van der Waals surface area contributed by atoms with Crippen LogP contribution in [0.3, 0.4) is 0 Å². The van der Waals surface area contributed by atoms with Crippen molar-refractivity contribution in [2.75, 3.05) is 18.9 Å². The van der Waals surface area contributed by atoms with E-state index in [2.05, 4.69) is 71.3 Å². The van der Waals surface area contributed by atoms with Crippen molar-refractivity contribution in [2.45, 2.75) is 47.0 Å². The molecule has 0 aliphatic heterocycles. The molecule has 0 aliphatic carbocycles. The van der Waals surface area contributed by atoms with Gasteiger partial charge in [-0.2, -0.15) is 5.10 Å². The number of hydrogen-bond donors (Lipinski definition) is 3. The Labute approximate surface area is 227 Å². The summed E-state index contributed by atoms with van der Waals surface area (Å²) >= 11 is 0. The molecule has 0 radical (unpaired) electrons. The number of carbonyl (C=O) groups excluding carboxylic acids is 1. The fourth-order valence-corrected chi connectivity index (χ4v) is 3.77. The molecular formula is C33H40N4O. The number of nitrogens with one attached hydrogen (secondary N) is 3. The Hall–Kier alpha value is -4.14. The van der Waals surface area contributed by atoms with Crippen molar-refractivity contribution in [1.29, 1.82) is 0 Å². The Morgan fingerprint density at radius 2 is 1.92 bits per heavy atom. The number of benzene rings is 2. The standard InChI is InChI=1S/C27H29N3O.C6H11N/c1-5-9-21(10-6-2)17-19(3)13-16-26-24-15-14-22(18-27(24)30-29-26)28-25-12-8-7-11-23(25)20(4)31;1-3-4-5-6-7-2/h5,7-9,11-18,28H,1,6,10H2,2-4H3,(H,29,30);7H,3,6H2,1-2H3/b16-13+,19-17+,21-9-;. The summed E-state index contributed by atoms with van der Waals surface area (Å²) in [4.78, 5) is 11.9. The van der Waals surface area contributed by atoms with Gasteiger partial charge in [0.25, 0.3) is 0 Å². The molecule has 0 aliphatic rings. The Morgan fingerprint density at radius 1 is 1.13 bits per heavy atom. The lowest BCUT2D eigenvalue weighted by molar-refractivity contribution is 0.101. The van der Waals surface area contributed by atoms with Gasteiger partial charge in [0.05, 0.1) is 17.8 Å². The van der Waals surface area contributed by atoms with Gasteiger partial charge in [0.2, 0.25) is 0 Å². The molecule has 0 amide bonds. The number of rotatable bonds is 10. The largest absolute Gasteiger partial charge is 0.355 e. The molecule has 0 saturated carbocycles. The third kappa shape index (κ3) is 9.72. The topological polar surface area (TPSA) is 69.8 Å². The van der Waals surface area contributed by atoms with Crippen molar-refractivity contribution in [3.63, 3.8) is 0 Å². The average molecular weight is 509 g/mol. The van der Waals surface area contributed by atoms with Gasteiger partial charge in [0, 0.05) is 28.7 Å². The number of allylic oxidation sites excluding steroid dienone is 6. The molecule has 0 saturated heterocycles. The lowest BCUT2D eigenvalue weighted by Crippen LogP contribution is -2.04. The molecular weight excluding hydrogens is 468 g/mol. The summed E-state index contributed by atoms with van der Waals surface area (Å²) in [6, 6.07) is 13.6. The SMILES string of the molecule is C=C\C=C(/C=C(C)/C=C/c1n[nH]c2cc(Nc3ccccc3C(C)=O)ccc12)CCC.CCC#CCNC. The molecule has 5 nitrogen and oxygen atoms in total. The molecule has 198 valence electrons. The number of para-hydroxylation sites is 1. The van der Waals surface area contributed by atoms with Crippen molar-refractivity contribution in [1.82, 2.24) is 15.5 Å². The van der Waals surface area contributed by atoms with Crippen molar-refractivity contribution in [3.05, 3.63) is 95.8 Å². The maximum absolute atomic E-state index is 11.9. The second kappa shape index (κ2) is 16.6. The molecule has 1 aromatic heterocycles. The number of Topliss-reactive ketones (excluding diaryl/α,β-unsaturated/α-hetero) is 1. The molecule has 0 unspecified atom stereocenters. The number of carbonyl (C=O) groups is 1. The first-order valence-corrected chi connectivity index (χ1v) is 13.1. The van der Waals surface area contributed by atoms with E-state index in [0.717, 1.165) is 59.4 Å². The molecule has 3 rings (SSSR count). The molecule has 3 aromatic rings. The monoisotopic (exact) mass is 508 g/mol. The zero-order valence-corrected chi connectivity index (χ0v) is 23.3. The van der Waals surface area contributed by atoms with Crippen LogP contribution in [0.15, 0.2) is 84.5 Å². The number of aromatic amines is 1. The normalized spacial score (nSPS) is 11.5. The van der Waals surface area contributed by atoms with Gasteiger partial charge >= 0.3 is 0 Å². The van der Waals surface area contributed by atoms with Crippen molar-refractivity contribution in [2.24, 2.45) is 0 Å². The van der Waals surface area contributed by atoms with E-state index in [0.29, 0.717) is 5.56 Å². The third-order valence-electron chi connectivity index (χ3n) is 5.53. The first kappa shape index (κ1) is 30.1. The first-order valence-electron chi connectivity index (χ1n) is 13.1. The van der Waals surface area contributed by atoms with Crippen molar-refractivity contribution in [3.8, 4) is 11.8 Å². The fraction of sp³-hybridized carbons (Fsp3) is 0.273. The summed E-state index contributed by atoms with van der Waals surface area (Å²) in [6.07, 6.45) is 13.3. The number of ketones is 1. The lowest BCUT2D eigenvalue weighted by atomic mass is 10.1. The highest BCUT2D eigenvalue weighted by Crippen LogP contribution is 2.26. The molecule has 1 heterocycles. The van der Waals surface area contributed by atoms with Crippen LogP contribution in [0.1, 0.15) is 63.0 Å². The number of aromatic nitrogens is 2. The van der Waals surface area contributed by atoms with Crippen molar-refractivity contribution >= 4 is 34.1 Å². The van der Waals surface area contributed by atoms with Gasteiger partial charge < -0.3 is 10.6 Å². The predicted molar refractivity (Wildman–Crippen MR) is 164 cm³/mol. The zero-order chi connectivity index (χ0) is 27.8. The van der Waals surface area contributed by atoms with Gasteiger partial charge in [-0.25, -0.2) is 0 Å². The molecule has 5 heteroatoms. The number of H-pyrrole nitrogens is 1. The molecule has 0 fully saturated rings. The molecule has 38 heavy (non-hydrogen) atoms. The van der Waals surface area contributed by atoms with Crippen LogP contribution in [0.25, 0.3) is 17.0 Å². The van der Waals surface area contributed by atoms with Gasteiger partial charge in [-0.05, 0) is 69.3 Å². The summed E-state index contributed by atoms with van der Waals surface area (Å²) in [5, 5.41) is 14.9. The van der Waals surface area contributed by atoms with Gasteiger partial charge in [-0.3, -0.25) is 9.89 Å². The second-order valence-corrected chi connectivity index (χ2v) is 8.78. The van der Waals surface area contributed by atoms with Crippen LogP contribution in [-0.4, -0.2) is 29.6 Å². The molecule has 0 bridgehead atoms. The molecule has 2 aromatic carbocycles. The number of fused-ring (bicyclic) bond motifs is 1. The van der Waals surface area contributed by atoms with Crippen LogP contribution in [0.2, 0.25) is 0 Å². The Bertz CT molecular complexity index is 1360. The van der Waals surface area contributed by atoms with Crippen LogP contribution in [0.4, 0.5) is 11.4 Å². The lowest BCUT2D eigenvalue weighted by Gasteiger charge is -2.10. The highest BCUT2D eigenvalue weighted by atomic mass is 16.1. The highest BCUT2D eigenvalue weighted by molar-refractivity contribution is 6.00. The smallest absolute Gasteiger partial charge is 0.161 e. The van der Waals surface area contributed by atoms with E-state index >= 15 is 0 Å². The van der Waals surface area contributed by atoms with Crippen LogP contribution < -0.4 is 10.6 Å². The van der Waals surface area contributed by atoms with Crippen LogP contribution in [-0.2, 0) is 0 Å².